The van der Waals surface area contributed by atoms with Crippen molar-refractivity contribution in [1.29, 1.82) is 0 Å². The van der Waals surface area contributed by atoms with Crippen LogP contribution in [0.1, 0.15) is 17.5 Å². The summed E-state index contributed by atoms with van der Waals surface area (Å²) in [5, 5.41) is 2.30. The van der Waals surface area contributed by atoms with Crippen LogP contribution >= 0.6 is 11.8 Å². The quantitative estimate of drug-likeness (QED) is 0.354. The predicted molar refractivity (Wildman–Crippen MR) is 141 cm³/mol. The lowest BCUT2D eigenvalue weighted by Gasteiger charge is -2.14. The van der Waals surface area contributed by atoms with Crippen molar-refractivity contribution in [2.24, 2.45) is 0 Å². The number of amides is 3. The van der Waals surface area contributed by atoms with Gasteiger partial charge in [-0.2, -0.15) is 0 Å². The van der Waals surface area contributed by atoms with Gasteiger partial charge in [0.05, 0.1) is 12.0 Å². The van der Waals surface area contributed by atoms with Gasteiger partial charge in [0.1, 0.15) is 5.82 Å². The van der Waals surface area contributed by atoms with E-state index in [9.17, 15) is 18.8 Å². The van der Waals surface area contributed by atoms with Crippen molar-refractivity contribution in [2.75, 3.05) is 25.6 Å². The van der Waals surface area contributed by atoms with Gasteiger partial charge in [0.25, 0.3) is 17.1 Å². The highest BCUT2D eigenvalue weighted by Gasteiger charge is 2.34. The lowest BCUT2D eigenvalue weighted by Crippen LogP contribution is -2.29. The van der Waals surface area contributed by atoms with Crippen molar-refractivity contribution in [1.82, 2.24) is 4.90 Å². The largest absolute Gasteiger partial charge is 0.493 e. The lowest BCUT2D eigenvalue weighted by molar-refractivity contribution is -0.122. The van der Waals surface area contributed by atoms with Gasteiger partial charge in [-0.3, -0.25) is 19.3 Å². The molecule has 0 aliphatic carbocycles. The van der Waals surface area contributed by atoms with Crippen LogP contribution in [0.2, 0.25) is 0 Å². The average molecular weight is 521 g/mol. The fourth-order valence-electron chi connectivity index (χ4n) is 3.75. The highest BCUT2D eigenvalue weighted by atomic mass is 32.2. The molecule has 3 amide bonds. The van der Waals surface area contributed by atoms with E-state index in [1.165, 1.54) is 36.3 Å². The van der Waals surface area contributed by atoms with Crippen LogP contribution in [0.25, 0.3) is 6.08 Å². The molecular formula is C28H25FN2O5S. The van der Waals surface area contributed by atoms with Crippen LogP contribution in [0, 0.1) is 5.82 Å². The van der Waals surface area contributed by atoms with Crippen LogP contribution in [0.5, 0.6) is 11.5 Å². The molecule has 190 valence electrons. The number of hydrogen-bond acceptors (Lipinski definition) is 6. The molecule has 0 aromatic heterocycles. The number of carbonyl (C=O) groups excluding carboxylic acids is 3. The maximum Gasteiger partial charge on any atom is 0.293 e. The number of halogens is 1. The highest BCUT2D eigenvalue weighted by Crippen LogP contribution is 2.37. The zero-order valence-corrected chi connectivity index (χ0v) is 20.9. The van der Waals surface area contributed by atoms with Gasteiger partial charge in [-0.15, -0.1) is 0 Å². The number of nitrogens with zero attached hydrogens (tertiary/aromatic N) is 1. The molecule has 1 N–H and O–H groups in total. The Morgan fingerprint density at radius 2 is 1.78 bits per heavy atom. The van der Waals surface area contributed by atoms with Gasteiger partial charge < -0.3 is 14.8 Å². The first-order valence-electron chi connectivity index (χ1n) is 11.6. The van der Waals surface area contributed by atoms with E-state index in [2.05, 4.69) is 5.32 Å². The molecule has 3 aromatic carbocycles. The van der Waals surface area contributed by atoms with E-state index in [1.54, 1.807) is 24.3 Å². The Bertz CT molecular complexity index is 1310. The second-order valence-corrected chi connectivity index (χ2v) is 9.14. The summed E-state index contributed by atoms with van der Waals surface area (Å²) in [7, 11) is 1.46. The third-order valence-corrected chi connectivity index (χ3v) is 6.46. The van der Waals surface area contributed by atoms with E-state index in [1.807, 2.05) is 30.3 Å². The summed E-state index contributed by atoms with van der Waals surface area (Å²) in [5.41, 5.74) is 2.06. The Hall–Kier alpha value is -4.11. The SMILES string of the molecule is COc1cccc(/C=C2/SC(=O)N(CCCc3ccccc3)C2=O)c1OCC(=O)Nc1ccc(F)cc1. The minimum absolute atomic E-state index is 0.259. The summed E-state index contributed by atoms with van der Waals surface area (Å²) >= 11 is 0.865. The normalized spacial score (nSPS) is 14.2. The minimum atomic E-state index is -0.456. The third-order valence-electron chi connectivity index (χ3n) is 5.56. The van der Waals surface area contributed by atoms with Crippen LogP contribution in [-0.4, -0.2) is 42.2 Å². The molecule has 1 aliphatic heterocycles. The van der Waals surface area contributed by atoms with Gasteiger partial charge in [-0.1, -0.05) is 42.5 Å². The molecule has 0 radical (unpaired) electrons. The number of aryl methyl sites for hydroxylation is 1. The van der Waals surface area contributed by atoms with Crippen LogP contribution < -0.4 is 14.8 Å². The molecule has 37 heavy (non-hydrogen) atoms. The van der Waals surface area contributed by atoms with Gasteiger partial charge in [0, 0.05) is 17.8 Å². The second kappa shape index (κ2) is 12.2. The smallest absolute Gasteiger partial charge is 0.293 e. The first kappa shape index (κ1) is 26.0. The summed E-state index contributed by atoms with van der Waals surface area (Å²) in [6.45, 7) is -0.0263. The Morgan fingerprint density at radius 1 is 1.03 bits per heavy atom. The van der Waals surface area contributed by atoms with E-state index < -0.39 is 11.7 Å². The number of para-hydroxylation sites is 1. The number of anilines is 1. The molecule has 1 saturated heterocycles. The Labute approximate surface area is 218 Å². The van der Waals surface area contributed by atoms with Gasteiger partial charge in [-0.05, 0) is 66.6 Å². The Morgan fingerprint density at radius 3 is 2.51 bits per heavy atom. The second-order valence-electron chi connectivity index (χ2n) is 8.14. The molecule has 1 heterocycles. The van der Waals surface area contributed by atoms with Gasteiger partial charge in [-0.25, -0.2) is 4.39 Å². The van der Waals surface area contributed by atoms with Gasteiger partial charge in [0.2, 0.25) is 0 Å². The molecule has 1 fully saturated rings. The van der Waals surface area contributed by atoms with Crippen LogP contribution in [0.4, 0.5) is 14.9 Å². The van der Waals surface area contributed by atoms with Gasteiger partial charge in [0.15, 0.2) is 18.1 Å². The number of ether oxygens (including phenoxy) is 2. The topological polar surface area (TPSA) is 84.9 Å². The first-order valence-corrected chi connectivity index (χ1v) is 12.4. The van der Waals surface area contributed by atoms with Crippen molar-refractivity contribution in [3.63, 3.8) is 0 Å². The minimum Gasteiger partial charge on any atom is -0.493 e. The molecule has 9 heteroatoms. The number of rotatable bonds is 10. The number of hydrogen-bond donors (Lipinski definition) is 1. The maximum atomic E-state index is 13.1. The Balaban J connectivity index is 1.43. The lowest BCUT2D eigenvalue weighted by atomic mass is 10.1. The summed E-state index contributed by atoms with van der Waals surface area (Å²) in [4.78, 5) is 39.4. The molecule has 4 rings (SSSR count). The van der Waals surface area contributed by atoms with Crippen molar-refractivity contribution in [2.45, 2.75) is 12.8 Å². The fourth-order valence-corrected chi connectivity index (χ4v) is 4.61. The maximum absolute atomic E-state index is 13.1. The van der Waals surface area contributed by atoms with E-state index in [4.69, 9.17) is 9.47 Å². The molecule has 1 aliphatic rings. The number of imide groups is 1. The molecule has 0 saturated carbocycles. The van der Waals surface area contributed by atoms with Crippen LogP contribution in [0.3, 0.4) is 0 Å². The molecule has 0 spiro atoms. The molecule has 0 bridgehead atoms. The molecular weight excluding hydrogens is 495 g/mol. The molecule has 0 unspecified atom stereocenters. The molecule has 0 atom stereocenters. The number of carbonyl (C=O) groups is 3. The Kier molecular flexibility index (Phi) is 8.58. The first-order chi connectivity index (χ1) is 17.9. The standard InChI is InChI=1S/C28H25FN2O5S/c1-35-23-11-5-10-20(26(23)36-18-25(32)30-22-14-12-21(29)13-15-22)17-24-27(33)31(28(34)37-24)16-6-9-19-7-3-2-4-8-19/h2-5,7-8,10-15,17H,6,9,16,18H2,1H3,(H,30,32)/b24-17+. The van der Waals surface area contributed by atoms with E-state index in [0.29, 0.717) is 30.0 Å². The number of thioether (sulfide) groups is 1. The van der Waals surface area contributed by atoms with Crippen LogP contribution in [0.15, 0.2) is 77.7 Å². The fraction of sp³-hybridized carbons (Fsp3) is 0.179. The zero-order chi connectivity index (χ0) is 26.2. The monoisotopic (exact) mass is 520 g/mol. The molecule has 7 nitrogen and oxygen atoms in total. The summed E-state index contributed by atoms with van der Waals surface area (Å²) < 4.78 is 24.2. The van der Waals surface area contributed by atoms with Crippen molar-refractivity contribution in [3.8, 4) is 11.5 Å². The number of nitrogens with one attached hydrogen (secondary N) is 1. The summed E-state index contributed by atoms with van der Waals surface area (Å²) in [6, 6.07) is 20.3. The van der Waals surface area contributed by atoms with Crippen LogP contribution in [-0.2, 0) is 16.0 Å². The van der Waals surface area contributed by atoms with E-state index in [0.717, 1.165) is 23.7 Å². The van der Waals surface area contributed by atoms with E-state index >= 15 is 0 Å². The van der Waals surface area contributed by atoms with Crippen molar-refractivity contribution >= 4 is 40.6 Å². The summed E-state index contributed by atoms with van der Waals surface area (Å²) in [6.07, 6.45) is 2.99. The predicted octanol–water partition coefficient (Wildman–Crippen LogP) is 5.52. The number of methoxy groups -OCH3 is 1. The highest BCUT2D eigenvalue weighted by molar-refractivity contribution is 8.18. The molecule has 3 aromatic rings. The third kappa shape index (κ3) is 6.77. The van der Waals surface area contributed by atoms with Gasteiger partial charge >= 0.3 is 0 Å². The zero-order valence-electron chi connectivity index (χ0n) is 20.1. The average Bonchev–Trinajstić information content (AvgIpc) is 3.17. The number of benzene rings is 3. The van der Waals surface area contributed by atoms with E-state index in [-0.39, 0.29) is 28.4 Å². The van der Waals surface area contributed by atoms with Crippen molar-refractivity contribution < 1.29 is 28.2 Å². The van der Waals surface area contributed by atoms with Crippen molar-refractivity contribution in [3.05, 3.63) is 94.6 Å². The summed E-state index contributed by atoms with van der Waals surface area (Å²) in [5.74, 6) is -0.609.